The summed E-state index contributed by atoms with van der Waals surface area (Å²) < 4.78 is 10.9. The summed E-state index contributed by atoms with van der Waals surface area (Å²) in [6, 6.07) is 22.5. The molecule has 0 aliphatic carbocycles. The number of nitrogens with zero attached hydrogens (tertiary/aromatic N) is 2. The minimum atomic E-state index is -0.500. The van der Waals surface area contributed by atoms with Crippen molar-refractivity contribution in [3.05, 3.63) is 89.6 Å². The zero-order chi connectivity index (χ0) is 23.4. The van der Waals surface area contributed by atoms with E-state index in [9.17, 15) is 9.59 Å². The molecule has 1 aliphatic rings. The van der Waals surface area contributed by atoms with Crippen molar-refractivity contribution in [2.45, 2.75) is 6.92 Å². The van der Waals surface area contributed by atoms with Crippen LogP contribution in [0.15, 0.2) is 78.5 Å². The van der Waals surface area contributed by atoms with Gasteiger partial charge in [0.15, 0.2) is 0 Å². The fourth-order valence-corrected chi connectivity index (χ4v) is 3.61. The molecule has 1 aliphatic heterocycles. The van der Waals surface area contributed by atoms with Gasteiger partial charge in [-0.05, 0) is 61.5 Å². The van der Waals surface area contributed by atoms with E-state index in [0.29, 0.717) is 40.6 Å². The van der Waals surface area contributed by atoms with Gasteiger partial charge in [0.05, 0.1) is 36.6 Å². The number of benzene rings is 3. The van der Waals surface area contributed by atoms with Crippen molar-refractivity contribution in [3.63, 3.8) is 0 Å². The quantitative estimate of drug-likeness (QED) is 0.550. The van der Waals surface area contributed by atoms with Crippen molar-refractivity contribution in [1.82, 2.24) is 0 Å². The number of imide groups is 1. The van der Waals surface area contributed by atoms with E-state index in [1.54, 1.807) is 72.8 Å². The molecule has 0 spiro atoms. The molecule has 7 heteroatoms. The van der Waals surface area contributed by atoms with Gasteiger partial charge in [-0.15, -0.1) is 0 Å². The van der Waals surface area contributed by atoms with Gasteiger partial charge >= 0.3 is 0 Å². The van der Waals surface area contributed by atoms with E-state index >= 15 is 0 Å². The molecule has 0 saturated heterocycles. The molecule has 4 rings (SSSR count). The first kappa shape index (κ1) is 21.7. The minimum Gasteiger partial charge on any atom is -0.496 e. The topological polar surface area (TPSA) is 91.7 Å². The molecule has 1 N–H and O–H groups in total. The van der Waals surface area contributed by atoms with Crippen LogP contribution in [0.25, 0.3) is 5.57 Å². The second kappa shape index (κ2) is 9.28. The van der Waals surface area contributed by atoms with Crippen LogP contribution >= 0.6 is 0 Å². The molecule has 0 radical (unpaired) electrons. The molecule has 0 unspecified atom stereocenters. The first-order chi connectivity index (χ1) is 16.1. The van der Waals surface area contributed by atoms with Gasteiger partial charge in [-0.3, -0.25) is 9.59 Å². The third kappa shape index (κ3) is 4.14. The van der Waals surface area contributed by atoms with Gasteiger partial charge < -0.3 is 14.8 Å². The van der Waals surface area contributed by atoms with Gasteiger partial charge in [-0.2, -0.15) is 5.26 Å². The maximum Gasteiger partial charge on any atom is 0.282 e. The zero-order valence-electron chi connectivity index (χ0n) is 18.2. The van der Waals surface area contributed by atoms with Crippen LogP contribution in [0.5, 0.6) is 11.5 Å². The fraction of sp³-hybridized carbons (Fsp3) is 0.115. The van der Waals surface area contributed by atoms with Crippen LogP contribution in [0, 0.1) is 11.3 Å². The van der Waals surface area contributed by atoms with E-state index in [4.69, 9.17) is 14.7 Å². The number of rotatable bonds is 7. The SMILES string of the molecule is CCOc1ccc(NC2=C(c3ccccc3OC)C(=O)N(c3ccc(C#N)cc3)C2=O)cc1. The molecule has 0 saturated carbocycles. The minimum absolute atomic E-state index is 0.137. The fourth-order valence-electron chi connectivity index (χ4n) is 3.61. The van der Waals surface area contributed by atoms with Gasteiger partial charge in [-0.1, -0.05) is 18.2 Å². The standard InChI is InChI=1S/C26H21N3O4/c1-3-33-20-14-10-18(11-15-20)28-24-23(21-6-4-5-7-22(21)32-2)25(30)29(26(24)31)19-12-8-17(16-27)9-13-19/h4-15,28H,3H2,1-2H3. The lowest BCUT2D eigenvalue weighted by Gasteiger charge is -2.15. The van der Waals surface area contributed by atoms with Crippen LogP contribution in [0.1, 0.15) is 18.1 Å². The lowest BCUT2D eigenvalue weighted by Crippen LogP contribution is -2.32. The maximum atomic E-state index is 13.5. The van der Waals surface area contributed by atoms with E-state index in [1.807, 2.05) is 13.0 Å². The highest BCUT2D eigenvalue weighted by atomic mass is 16.5. The number of anilines is 2. The lowest BCUT2D eigenvalue weighted by atomic mass is 10.0. The third-order valence-corrected chi connectivity index (χ3v) is 5.15. The molecule has 33 heavy (non-hydrogen) atoms. The Morgan fingerprint density at radius 3 is 2.27 bits per heavy atom. The Hall–Kier alpha value is -4.57. The molecule has 3 aromatic carbocycles. The summed E-state index contributed by atoms with van der Waals surface area (Å²) in [5, 5.41) is 12.2. The van der Waals surface area contributed by atoms with Gasteiger partial charge in [0.25, 0.3) is 11.8 Å². The number of methoxy groups -OCH3 is 1. The normalized spacial score (nSPS) is 13.2. The Kier molecular flexibility index (Phi) is 6.09. The van der Waals surface area contributed by atoms with E-state index in [1.165, 1.54) is 7.11 Å². The Bertz CT molecular complexity index is 1270. The monoisotopic (exact) mass is 439 g/mol. The van der Waals surface area contributed by atoms with Gasteiger partial charge in [-0.25, -0.2) is 4.90 Å². The molecule has 1 heterocycles. The summed E-state index contributed by atoms with van der Waals surface area (Å²) in [6.07, 6.45) is 0. The highest BCUT2D eigenvalue weighted by Gasteiger charge is 2.41. The van der Waals surface area contributed by atoms with Crippen molar-refractivity contribution >= 4 is 28.8 Å². The van der Waals surface area contributed by atoms with Crippen LogP contribution in [0.2, 0.25) is 0 Å². The van der Waals surface area contributed by atoms with Crippen molar-refractivity contribution in [3.8, 4) is 17.6 Å². The van der Waals surface area contributed by atoms with Crippen LogP contribution in [-0.4, -0.2) is 25.5 Å². The summed E-state index contributed by atoms with van der Waals surface area (Å²) in [7, 11) is 1.51. The smallest absolute Gasteiger partial charge is 0.282 e. The third-order valence-electron chi connectivity index (χ3n) is 5.15. The summed E-state index contributed by atoms with van der Waals surface area (Å²) in [4.78, 5) is 28.1. The average Bonchev–Trinajstić information content (AvgIpc) is 3.09. The van der Waals surface area contributed by atoms with Crippen molar-refractivity contribution in [2.24, 2.45) is 0 Å². The van der Waals surface area contributed by atoms with Crippen LogP contribution in [-0.2, 0) is 9.59 Å². The molecule has 3 aromatic rings. The molecule has 7 nitrogen and oxygen atoms in total. The number of ether oxygens (including phenoxy) is 2. The number of hydrogen-bond donors (Lipinski definition) is 1. The van der Waals surface area contributed by atoms with E-state index < -0.39 is 11.8 Å². The molecule has 164 valence electrons. The van der Waals surface area contributed by atoms with Gasteiger partial charge in [0, 0.05) is 11.3 Å². The Morgan fingerprint density at radius 1 is 0.939 bits per heavy atom. The number of amides is 2. The molecular formula is C26H21N3O4. The zero-order valence-corrected chi connectivity index (χ0v) is 18.2. The molecule has 0 atom stereocenters. The summed E-state index contributed by atoms with van der Waals surface area (Å²) in [5.74, 6) is 0.193. The number of carbonyl (C=O) groups excluding carboxylic acids is 2. The van der Waals surface area contributed by atoms with Crippen molar-refractivity contribution in [1.29, 1.82) is 5.26 Å². The van der Waals surface area contributed by atoms with Gasteiger partial charge in [0.2, 0.25) is 0 Å². The number of carbonyl (C=O) groups is 2. The molecular weight excluding hydrogens is 418 g/mol. The van der Waals surface area contributed by atoms with Crippen LogP contribution < -0.4 is 19.7 Å². The van der Waals surface area contributed by atoms with E-state index in [2.05, 4.69) is 5.32 Å². The summed E-state index contributed by atoms with van der Waals surface area (Å²) >= 11 is 0. The Balaban J connectivity index is 1.79. The second-order valence-corrected chi connectivity index (χ2v) is 7.14. The van der Waals surface area contributed by atoms with E-state index in [-0.39, 0.29) is 11.3 Å². The Labute approximate surface area is 191 Å². The maximum absolute atomic E-state index is 13.5. The summed E-state index contributed by atoms with van der Waals surface area (Å²) in [5.41, 5.74) is 2.28. The largest absolute Gasteiger partial charge is 0.496 e. The first-order valence-electron chi connectivity index (χ1n) is 10.3. The van der Waals surface area contributed by atoms with Crippen LogP contribution in [0.3, 0.4) is 0 Å². The average molecular weight is 439 g/mol. The van der Waals surface area contributed by atoms with Crippen molar-refractivity contribution < 1.29 is 19.1 Å². The lowest BCUT2D eigenvalue weighted by molar-refractivity contribution is -0.120. The number of hydrogen-bond acceptors (Lipinski definition) is 6. The number of nitriles is 1. The molecule has 0 aromatic heterocycles. The molecule has 0 bridgehead atoms. The van der Waals surface area contributed by atoms with Gasteiger partial charge in [0.1, 0.15) is 17.2 Å². The van der Waals surface area contributed by atoms with Crippen molar-refractivity contribution in [2.75, 3.05) is 23.9 Å². The molecule has 2 amide bonds. The predicted octanol–water partition coefficient (Wildman–Crippen LogP) is 4.36. The number of para-hydroxylation sites is 1. The predicted molar refractivity (Wildman–Crippen MR) is 125 cm³/mol. The van der Waals surface area contributed by atoms with Crippen LogP contribution in [0.4, 0.5) is 11.4 Å². The highest BCUT2D eigenvalue weighted by Crippen LogP contribution is 2.37. The second-order valence-electron chi connectivity index (χ2n) is 7.14. The Morgan fingerprint density at radius 2 is 1.64 bits per heavy atom. The highest BCUT2D eigenvalue weighted by molar-refractivity contribution is 6.46. The summed E-state index contributed by atoms with van der Waals surface area (Å²) in [6.45, 7) is 2.44. The van der Waals surface area contributed by atoms with E-state index in [0.717, 1.165) is 4.90 Å². The number of nitrogens with one attached hydrogen (secondary N) is 1. The first-order valence-corrected chi connectivity index (χ1v) is 10.3. The molecule has 0 fully saturated rings.